The van der Waals surface area contributed by atoms with Crippen LogP contribution in [0.15, 0.2) is 0 Å². The van der Waals surface area contributed by atoms with E-state index in [-0.39, 0.29) is 5.69 Å². The van der Waals surface area contributed by atoms with Gasteiger partial charge in [0, 0.05) is 5.92 Å². The fraction of sp³-hybridized carbons (Fsp3) is 0.500. The summed E-state index contributed by atoms with van der Waals surface area (Å²) in [6, 6.07) is 0. The summed E-state index contributed by atoms with van der Waals surface area (Å²) in [4.78, 5) is 26.7. The second-order valence-electron chi connectivity index (χ2n) is 3.38. The van der Waals surface area contributed by atoms with Crippen LogP contribution in [-0.4, -0.2) is 23.8 Å². The molecule has 5 heteroatoms. The molecule has 1 saturated carbocycles. The van der Waals surface area contributed by atoms with Gasteiger partial charge in [-0.15, -0.1) is 11.3 Å². The van der Waals surface area contributed by atoms with E-state index in [9.17, 15) is 9.59 Å². The predicted octanol–water partition coefficient (Wildman–Crippen LogP) is 2.01. The van der Waals surface area contributed by atoms with Gasteiger partial charge in [0.05, 0.1) is 11.6 Å². The molecule has 80 valence electrons. The van der Waals surface area contributed by atoms with Gasteiger partial charge in [-0.1, -0.05) is 0 Å². The third-order valence-corrected chi connectivity index (χ3v) is 3.38. The van der Waals surface area contributed by atoms with E-state index < -0.39 is 5.97 Å². The van der Waals surface area contributed by atoms with Crippen molar-refractivity contribution in [1.29, 1.82) is 0 Å². The van der Waals surface area contributed by atoms with Gasteiger partial charge in [0.15, 0.2) is 6.29 Å². The second kappa shape index (κ2) is 4.10. The molecule has 0 aliphatic heterocycles. The Kier molecular flexibility index (Phi) is 2.81. The van der Waals surface area contributed by atoms with Gasteiger partial charge in [-0.3, -0.25) is 4.79 Å². The second-order valence-corrected chi connectivity index (χ2v) is 4.41. The molecule has 0 aromatic carbocycles. The van der Waals surface area contributed by atoms with Crippen LogP contribution < -0.4 is 0 Å². The highest BCUT2D eigenvalue weighted by Gasteiger charge is 2.30. The first-order chi connectivity index (χ1) is 7.26. The summed E-state index contributed by atoms with van der Waals surface area (Å²) < 4.78 is 4.86. The quantitative estimate of drug-likeness (QED) is 0.581. The van der Waals surface area contributed by atoms with E-state index in [1.807, 2.05) is 0 Å². The Morgan fingerprint density at radius 1 is 1.67 bits per heavy atom. The average molecular weight is 225 g/mol. The summed E-state index contributed by atoms with van der Waals surface area (Å²) in [5.74, 6) is 0.0147. The third kappa shape index (κ3) is 2.07. The minimum absolute atomic E-state index is 0.223. The average Bonchev–Trinajstić information content (AvgIpc) is 2.98. The molecule has 0 spiro atoms. The zero-order valence-electron chi connectivity index (χ0n) is 8.36. The lowest BCUT2D eigenvalue weighted by Gasteiger charge is -1.97. The highest BCUT2D eigenvalue weighted by molar-refractivity contribution is 7.14. The number of thiazole rings is 1. The Hall–Kier alpha value is -1.23. The van der Waals surface area contributed by atoms with Crippen LogP contribution in [0.4, 0.5) is 0 Å². The van der Waals surface area contributed by atoms with Gasteiger partial charge in [0.25, 0.3) is 0 Å². The van der Waals surface area contributed by atoms with E-state index in [2.05, 4.69) is 4.98 Å². The zero-order valence-corrected chi connectivity index (χ0v) is 9.17. The van der Waals surface area contributed by atoms with Gasteiger partial charge in [0.2, 0.25) is 0 Å². The molecule has 0 unspecified atom stereocenters. The van der Waals surface area contributed by atoms with Crippen LogP contribution in [0.1, 0.15) is 50.9 Å². The molecule has 15 heavy (non-hydrogen) atoms. The van der Waals surface area contributed by atoms with Crippen molar-refractivity contribution in [2.24, 2.45) is 0 Å². The van der Waals surface area contributed by atoms with Crippen LogP contribution in [0.3, 0.4) is 0 Å². The van der Waals surface area contributed by atoms with E-state index in [1.54, 1.807) is 6.92 Å². The lowest BCUT2D eigenvalue weighted by molar-refractivity contribution is 0.0529. The number of esters is 1. The van der Waals surface area contributed by atoms with E-state index in [0.717, 1.165) is 17.8 Å². The molecule has 0 bridgehead atoms. The molecule has 0 amide bonds. The minimum atomic E-state index is -0.441. The highest BCUT2D eigenvalue weighted by atomic mass is 32.1. The summed E-state index contributed by atoms with van der Waals surface area (Å²) in [5, 5.41) is 0.889. The maximum absolute atomic E-state index is 11.5. The van der Waals surface area contributed by atoms with Crippen molar-refractivity contribution in [3.05, 3.63) is 15.6 Å². The normalized spacial score (nSPS) is 15.0. The van der Waals surface area contributed by atoms with E-state index >= 15 is 0 Å². The standard InChI is InChI=1S/C10H11NO3S/c1-2-14-10(13)8-7(5-12)11-9(15-8)6-3-4-6/h5-6H,2-4H2,1H3. The largest absolute Gasteiger partial charge is 0.462 e. The first kappa shape index (κ1) is 10.3. The molecule has 1 heterocycles. The molecule has 1 aliphatic carbocycles. The number of carbonyl (C=O) groups excluding carboxylic acids is 2. The topological polar surface area (TPSA) is 56.3 Å². The SMILES string of the molecule is CCOC(=O)c1sc(C2CC2)nc1C=O. The van der Waals surface area contributed by atoms with Crippen LogP contribution in [0, 0.1) is 0 Å². The van der Waals surface area contributed by atoms with Gasteiger partial charge in [-0.05, 0) is 19.8 Å². The van der Waals surface area contributed by atoms with Crippen molar-refractivity contribution in [2.75, 3.05) is 6.61 Å². The van der Waals surface area contributed by atoms with Gasteiger partial charge >= 0.3 is 5.97 Å². The summed E-state index contributed by atoms with van der Waals surface area (Å²) in [6.45, 7) is 2.05. The highest BCUT2D eigenvalue weighted by Crippen LogP contribution is 2.42. The van der Waals surface area contributed by atoms with Crippen LogP contribution in [0.2, 0.25) is 0 Å². The summed E-state index contributed by atoms with van der Waals surface area (Å²) in [6.07, 6.45) is 2.83. The third-order valence-electron chi connectivity index (χ3n) is 2.17. The summed E-state index contributed by atoms with van der Waals surface area (Å²) in [7, 11) is 0. The van der Waals surface area contributed by atoms with Gasteiger partial charge in [-0.25, -0.2) is 9.78 Å². The Labute approximate surface area is 91.3 Å². The molecular weight excluding hydrogens is 214 g/mol. The number of aromatic nitrogens is 1. The fourth-order valence-electron chi connectivity index (χ4n) is 1.28. The fourth-order valence-corrected chi connectivity index (χ4v) is 2.37. The summed E-state index contributed by atoms with van der Waals surface area (Å²) >= 11 is 1.29. The molecule has 0 N–H and O–H groups in total. The van der Waals surface area contributed by atoms with Crippen molar-refractivity contribution in [3.63, 3.8) is 0 Å². The number of carbonyl (C=O) groups is 2. The molecule has 1 fully saturated rings. The van der Waals surface area contributed by atoms with Crippen molar-refractivity contribution in [3.8, 4) is 0 Å². The number of aldehydes is 1. The van der Waals surface area contributed by atoms with Crippen LogP contribution in [0.5, 0.6) is 0 Å². The van der Waals surface area contributed by atoms with E-state index in [0.29, 0.717) is 23.7 Å². The Balaban J connectivity index is 2.27. The predicted molar refractivity (Wildman–Crippen MR) is 55.4 cm³/mol. The molecule has 1 aliphatic rings. The lowest BCUT2D eigenvalue weighted by atomic mass is 10.4. The first-order valence-corrected chi connectivity index (χ1v) is 5.71. The molecule has 4 nitrogen and oxygen atoms in total. The van der Waals surface area contributed by atoms with Crippen molar-refractivity contribution in [2.45, 2.75) is 25.7 Å². The molecule has 0 atom stereocenters. The van der Waals surface area contributed by atoms with Crippen molar-refractivity contribution < 1.29 is 14.3 Å². The van der Waals surface area contributed by atoms with Gasteiger partial charge < -0.3 is 4.74 Å². The Morgan fingerprint density at radius 3 is 2.93 bits per heavy atom. The Morgan fingerprint density at radius 2 is 2.40 bits per heavy atom. The first-order valence-electron chi connectivity index (χ1n) is 4.89. The zero-order chi connectivity index (χ0) is 10.8. The molecule has 1 aromatic rings. The number of ether oxygens (including phenoxy) is 1. The molecule has 1 aromatic heterocycles. The summed E-state index contributed by atoms with van der Waals surface area (Å²) in [5.41, 5.74) is 0.223. The van der Waals surface area contributed by atoms with E-state index in [1.165, 1.54) is 11.3 Å². The molecule has 0 saturated heterocycles. The number of hydrogen-bond donors (Lipinski definition) is 0. The molecule has 2 rings (SSSR count). The van der Waals surface area contributed by atoms with Crippen molar-refractivity contribution in [1.82, 2.24) is 4.98 Å². The van der Waals surface area contributed by atoms with Gasteiger partial charge in [0.1, 0.15) is 10.6 Å². The number of nitrogens with zero attached hydrogens (tertiary/aromatic N) is 1. The molecule has 0 radical (unpaired) electrons. The molecular formula is C10H11NO3S. The van der Waals surface area contributed by atoms with Gasteiger partial charge in [-0.2, -0.15) is 0 Å². The number of rotatable bonds is 4. The van der Waals surface area contributed by atoms with Crippen molar-refractivity contribution >= 4 is 23.6 Å². The monoisotopic (exact) mass is 225 g/mol. The van der Waals surface area contributed by atoms with Crippen LogP contribution in [0.25, 0.3) is 0 Å². The smallest absolute Gasteiger partial charge is 0.350 e. The minimum Gasteiger partial charge on any atom is -0.462 e. The van der Waals surface area contributed by atoms with E-state index in [4.69, 9.17) is 4.74 Å². The number of hydrogen-bond acceptors (Lipinski definition) is 5. The lowest BCUT2D eigenvalue weighted by Crippen LogP contribution is -2.05. The Bertz CT molecular complexity index is 395. The maximum Gasteiger partial charge on any atom is 0.350 e. The maximum atomic E-state index is 11.5. The van der Waals surface area contributed by atoms with Crippen LogP contribution >= 0.6 is 11.3 Å². The van der Waals surface area contributed by atoms with Crippen LogP contribution in [-0.2, 0) is 4.74 Å².